The summed E-state index contributed by atoms with van der Waals surface area (Å²) in [7, 11) is 3.53. The van der Waals surface area contributed by atoms with Crippen molar-refractivity contribution in [3.8, 4) is 0 Å². The molecule has 14 heavy (non-hydrogen) atoms. The van der Waals surface area contributed by atoms with Crippen molar-refractivity contribution in [1.29, 1.82) is 0 Å². The van der Waals surface area contributed by atoms with E-state index in [2.05, 4.69) is 15.6 Å². The number of nitrogens with zero attached hydrogens (tertiary/aromatic N) is 1. The van der Waals surface area contributed by atoms with Crippen molar-refractivity contribution in [2.75, 3.05) is 19.4 Å². The Balaban J connectivity index is 2.82. The maximum absolute atomic E-state index is 5.98. The third kappa shape index (κ3) is 2.64. The normalized spacial score (nSPS) is 11.3. The number of aliphatic imine (C=N–C) groups is 1. The van der Waals surface area contributed by atoms with E-state index in [-0.39, 0.29) is 0 Å². The summed E-state index contributed by atoms with van der Waals surface area (Å²) in [5.41, 5.74) is 1.99. The van der Waals surface area contributed by atoms with Crippen molar-refractivity contribution in [3.05, 3.63) is 28.8 Å². The highest BCUT2D eigenvalue weighted by molar-refractivity contribution is 6.31. The molecule has 76 valence electrons. The second kappa shape index (κ2) is 4.86. The Morgan fingerprint density at radius 3 is 2.64 bits per heavy atom. The van der Waals surface area contributed by atoms with E-state index < -0.39 is 0 Å². The van der Waals surface area contributed by atoms with Crippen LogP contribution in [0.25, 0.3) is 0 Å². The predicted octanol–water partition coefficient (Wildman–Crippen LogP) is 2.27. The Kier molecular flexibility index (Phi) is 3.77. The van der Waals surface area contributed by atoms with Crippen LogP contribution in [0.5, 0.6) is 0 Å². The van der Waals surface area contributed by atoms with Crippen molar-refractivity contribution in [1.82, 2.24) is 5.32 Å². The van der Waals surface area contributed by atoms with Crippen molar-refractivity contribution < 1.29 is 0 Å². The molecule has 0 amide bonds. The summed E-state index contributed by atoms with van der Waals surface area (Å²) in [6.45, 7) is 1.97. The number of hydrogen-bond acceptors (Lipinski definition) is 1. The summed E-state index contributed by atoms with van der Waals surface area (Å²) in [6, 6.07) is 5.80. The van der Waals surface area contributed by atoms with E-state index in [1.54, 1.807) is 7.05 Å². The largest absolute Gasteiger partial charge is 0.359 e. The predicted molar refractivity (Wildman–Crippen MR) is 62.2 cm³/mol. The Morgan fingerprint density at radius 2 is 2.14 bits per heavy atom. The maximum Gasteiger partial charge on any atom is 0.195 e. The SMILES string of the molecule is CN=C(NC)Nc1ccc(C)c(Cl)c1. The summed E-state index contributed by atoms with van der Waals surface area (Å²) in [4.78, 5) is 4.01. The molecule has 1 aromatic carbocycles. The molecule has 0 saturated heterocycles. The first kappa shape index (κ1) is 10.9. The van der Waals surface area contributed by atoms with E-state index in [4.69, 9.17) is 11.6 Å². The zero-order valence-corrected chi connectivity index (χ0v) is 9.31. The number of hydrogen-bond donors (Lipinski definition) is 2. The lowest BCUT2D eigenvalue weighted by atomic mass is 10.2. The molecule has 4 heteroatoms. The van der Waals surface area contributed by atoms with Crippen molar-refractivity contribution in [3.63, 3.8) is 0 Å². The van der Waals surface area contributed by atoms with Crippen LogP contribution in [0.1, 0.15) is 5.56 Å². The van der Waals surface area contributed by atoms with Gasteiger partial charge in [0.2, 0.25) is 0 Å². The number of halogens is 1. The monoisotopic (exact) mass is 211 g/mol. The van der Waals surface area contributed by atoms with Gasteiger partial charge in [-0.05, 0) is 24.6 Å². The van der Waals surface area contributed by atoms with Gasteiger partial charge in [0.05, 0.1) is 0 Å². The van der Waals surface area contributed by atoms with Crippen LogP contribution in [0, 0.1) is 6.92 Å². The van der Waals surface area contributed by atoms with Crippen LogP contribution in [0.2, 0.25) is 5.02 Å². The highest BCUT2D eigenvalue weighted by Gasteiger charge is 1.99. The van der Waals surface area contributed by atoms with Gasteiger partial charge in [-0.2, -0.15) is 0 Å². The Bertz CT molecular complexity index is 347. The van der Waals surface area contributed by atoms with Crippen LogP contribution < -0.4 is 10.6 Å². The summed E-state index contributed by atoms with van der Waals surface area (Å²) in [5.74, 6) is 0.713. The second-order valence-electron chi connectivity index (χ2n) is 2.91. The lowest BCUT2D eigenvalue weighted by Crippen LogP contribution is -2.26. The van der Waals surface area contributed by atoms with Gasteiger partial charge in [-0.3, -0.25) is 4.99 Å². The van der Waals surface area contributed by atoms with E-state index in [0.29, 0.717) is 5.96 Å². The van der Waals surface area contributed by atoms with Gasteiger partial charge in [0.1, 0.15) is 0 Å². The minimum absolute atomic E-state index is 0.713. The van der Waals surface area contributed by atoms with Crippen molar-refractivity contribution >= 4 is 23.2 Å². The first-order valence-electron chi connectivity index (χ1n) is 4.35. The van der Waals surface area contributed by atoms with E-state index in [1.165, 1.54) is 0 Å². The summed E-state index contributed by atoms with van der Waals surface area (Å²) >= 11 is 5.98. The van der Waals surface area contributed by atoms with Gasteiger partial charge in [0.15, 0.2) is 5.96 Å². The Labute approximate surface area is 89.2 Å². The van der Waals surface area contributed by atoms with Crippen LogP contribution >= 0.6 is 11.6 Å². The van der Waals surface area contributed by atoms with E-state index in [1.807, 2.05) is 32.2 Å². The van der Waals surface area contributed by atoms with Gasteiger partial charge >= 0.3 is 0 Å². The minimum Gasteiger partial charge on any atom is -0.359 e. The zero-order valence-electron chi connectivity index (χ0n) is 8.56. The minimum atomic E-state index is 0.713. The van der Waals surface area contributed by atoms with Crippen molar-refractivity contribution in [2.24, 2.45) is 4.99 Å². The molecular weight excluding hydrogens is 198 g/mol. The van der Waals surface area contributed by atoms with Gasteiger partial charge in [-0.25, -0.2) is 0 Å². The molecule has 0 aliphatic heterocycles. The molecule has 0 saturated carbocycles. The van der Waals surface area contributed by atoms with E-state index in [0.717, 1.165) is 16.3 Å². The number of guanidine groups is 1. The van der Waals surface area contributed by atoms with Crippen LogP contribution in [-0.4, -0.2) is 20.1 Å². The highest BCUT2D eigenvalue weighted by atomic mass is 35.5. The number of aryl methyl sites for hydroxylation is 1. The number of rotatable bonds is 1. The Morgan fingerprint density at radius 1 is 1.43 bits per heavy atom. The van der Waals surface area contributed by atoms with Gasteiger partial charge < -0.3 is 10.6 Å². The first-order valence-corrected chi connectivity index (χ1v) is 4.73. The third-order valence-corrected chi connectivity index (χ3v) is 2.30. The fraction of sp³-hybridized carbons (Fsp3) is 0.300. The summed E-state index contributed by atoms with van der Waals surface area (Å²) in [5, 5.41) is 6.78. The Hall–Kier alpha value is -1.22. The number of anilines is 1. The van der Waals surface area contributed by atoms with Gasteiger partial charge in [0.25, 0.3) is 0 Å². The zero-order chi connectivity index (χ0) is 10.6. The number of nitrogens with one attached hydrogen (secondary N) is 2. The fourth-order valence-electron chi connectivity index (χ4n) is 1.04. The van der Waals surface area contributed by atoms with Gasteiger partial charge in [-0.1, -0.05) is 17.7 Å². The molecule has 1 rings (SSSR count). The van der Waals surface area contributed by atoms with Crippen LogP contribution in [0.3, 0.4) is 0 Å². The van der Waals surface area contributed by atoms with Crippen LogP contribution in [0.4, 0.5) is 5.69 Å². The molecule has 0 spiro atoms. The maximum atomic E-state index is 5.98. The molecule has 0 radical (unpaired) electrons. The standard InChI is InChI=1S/C10H14ClN3/c1-7-4-5-8(6-9(7)11)14-10(12-2)13-3/h4-6H,1-3H3,(H2,12,13,14). The quantitative estimate of drug-likeness (QED) is 0.552. The third-order valence-electron chi connectivity index (χ3n) is 1.89. The molecule has 0 bridgehead atoms. The average molecular weight is 212 g/mol. The van der Waals surface area contributed by atoms with Gasteiger partial charge in [-0.15, -0.1) is 0 Å². The molecule has 0 aliphatic rings. The van der Waals surface area contributed by atoms with E-state index >= 15 is 0 Å². The molecule has 0 heterocycles. The second-order valence-corrected chi connectivity index (χ2v) is 3.32. The van der Waals surface area contributed by atoms with Gasteiger partial charge in [0, 0.05) is 24.8 Å². The number of benzene rings is 1. The first-order chi connectivity index (χ1) is 6.67. The van der Waals surface area contributed by atoms with Crippen molar-refractivity contribution in [2.45, 2.75) is 6.92 Å². The topological polar surface area (TPSA) is 36.4 Å². The molecular formula is C10H14ClN3. The molecule has 1 aromatic rings. The molecule has 0 aliphatic carbocycles. The van der Waals surface area contributed by atoms with Crippen LogP contribution in [-0.2, 0) is 0 Å². The fourth-order valence-corrected chi connectivity index (χ4v) is 1.22. The summed E-state index contributed by atoms with van der Waals surface area (Å²) < 4.78 is 0. The smallest absolute Gasteiger partial charge is 0.195 e. The molecule has 0 unspecified atom stereocenters. The highest BCUT2D eigenvalue weighted by Crippen LogP contribution is 2.19. The lowest BCUT2D eigenvalue weighted by molar-refractivity contribution is 1.14. The molecule has 0 aromatic heterocycles. The molecule has 3 nitrogen and oxygen atoms in total. The average Bonchev–Trinajstić information content (AvgIpc) is 2.19. The van der Waals surface area contributed by atoms with E-state index in [9.17, 15) is 0 Å². The molecule has 0 atom stereocenters. The van der Waals surface area contributed by atoms with Crippen LogP contribution in [0.15, 0.2) is 23.2 Å². The molecule has 0 fully saturated rings. The lowest BCUT2D eigenvalue weighted by Gasteiger charge is -2.09. The summed E-state index contributed by atoms with van der Waals surface area (Å²) in [6.07, 6.45) is 0. The molecule has 2 N–H and O–H groups in total.